The lowest BCUT2D eigenvalue weighted by Crippen LogP contribution is -2.41. The Morgan fingerprint density at radius 2 is 1.46 bits per heavy atom. The molecule has 0 aliphatic carbocycles. The zero-order valence-electron chi connectivity index (χ0n) is 13.4. The van der Waals surface area contributed by atoms with Crippen molar-refractivity contribution in [1.29, 1.82) is 0 Å². The van der Waals surface area contributed by atoms with Gasteiger partial charge in [-0.3, -0.25) is 25.2 Å². The highest BCUT2D eigenvalue weighted by atomic mass is 16.5. The van der Waals surface area contributed by atoms with Crippen molar-refractivity contribution in [1.82, 2.24) is 15.8 Å². The van der Waals surface area contributed by atoms with E-state index >= 15 is 0 Å². The van der Waals surface area contributed by atoms with Crippen molar-refractivity contribution in [2.45, 2.75) is 6.92 Å². The first-order valence-corrected chi connectivity index (χ1v) is 6.97. The number of methoxy groups -OCH3 is 2. The number of hydrogen-bond acceptors (Lipinski definition) is 5. The molecular formula is C16H17N3O5. The minimum atomic E-state index is -0.578. The van der Waals surface area contributed by atoms with Crippen molar-refractivity contribution in [2.75, 3.05) is 14.2 Å². The smallest absolute Gasteiger partial charge is 0.286 e. The quantitative estimate of drug-likeness (QED) is 0.565. The van der Waals surface area contributed by atoms with E-state index in [0.717, 1.165) is 0 Å². The molecule has 24 heavy (non-hydrogen) atoms. The van der Waals surface area contributed by atoms with E-state index in [1.165, 1.54) is 45.5 Å². The van der Waals surface area contributed by atoms with Gasteiger partial charge in [0.2, 0.25) is 0 Å². The fourth-order valence-corrected chi connectivity index (χ4v) is 1.92. The maximum Gasteiger partial charge on any atom is 0.286 e. The monoisotopic (exact) mass is 331 g/mol. The van der Waals surface area contributed by atoms with E-state index in [2.05, 4.69) is 15.8 Å². The van der Waals surface area contributed by atoms with Crippen molar-refractivity contribution >= 4 is 17.6 Å². The molecule has 2 amide bonds. The van der Waals surface area contributed by atoms with E-state index in [1.807, 2.05) is 0 Å². The SMILES string of the molecule is COc1cc(OC)cc(C(=O)NNC(=O)c2cc(C(C)=O)c[nH]2)c1. The fraction of sp³-hybridized carbons (Fsp3) is 0.188. The molecule has 0 spiro atoms. The number of carbonyl (C=O) groups excluding carboxylic acids is 3. The van der Waals surface area contributed by atoms with Gasteiger partial charge < -0.3 is 14.5 Å². The molecule has 1 aromatic heterocycles. The van der Waals surface area contributed by atoms with E-state index in [0.29, 0.717) is 17.1 Å². The number of ketones is 1. The first kappa shape index (κ1) is 17.1. The van der Waals surface area contributed by atoms with Crippen LogP contribution in [-0.2, 0) is 0 Å². The number of aromatic amines is 1. The summed E-state index contributed by atoms with van der Waals surface area (Å²) >= 11 is 0. The van der Waals surface area contributed by atoms with Gasteiger partial charge in [-0.05, 0) is 25.1 Å². The Labute approximate surface area is 138 Å². The molecule has 0 fully saturated rings. The summed E-state index contributed by atoms with van der Waals surface area (Å²) in [7, 11) is 2.94. The summed E-state index contributed by atoms with van der Waals surface area (Å²) in [6.45, 7) is 1.39. The predicted molar refractivity (Wildman–Crippen MR) is 85.3 cm³/mol. The van der Waals surface area contributed by atoms with Gasteiger partial charge >= 0.3 is 0 Å². The lowest BCUT2D eigenvalue weighted by atomic mass is 10.2. The van der Waals surface area contributed by atoms with Crippen LogP contribution in [0.3, 0.4) is 0 Å². The number of Topliss-reactive ketones (excluding diaryl/α,β-unsaturated/α-hetero) is 1. The number of nitrogens with one attached hydrogen (secondary N) is 3. The Bertz CT molecular complexity index is 760. The van der Waals surface area contributed by atoms with Gasteiger partial charge in [-0.2, -0.15) is 0 Å². The number of hydrazine groups is 1. The lowest BCUT2D eigenvalue weighted by molar-refractivity contribution is 0.0844. The molecule has 8 heteroatoms. The van der Waals surface area contributed by atoms with Crippen LogP contribution in [0.1, 0.15) is 38.1 Å². The molecule has 2 rings (SSSR count). The highest BCUT2D eigenvalue weighted by Gasteiger charge is 2.14. The first-order chi connectivity index (χ1) is 11.4. The van der Waals surface area contributed by atoms with Gasteiger partial charge in [-0.25, -0.2) is 0 Å². The molecule has 0 aliphatic rings. The van der Waals surface area contributed by atoms with Crippen LogP contribution >= 0.6 is 0 Å². The Balaban J connectivity index is 2.04. The van der Waals surface area contributed by atoms with E-state index in [-0.39, 0.29) is 17.0 Å². The highest BCUT2D eigenvalue weighted by Crippen LogP contribution is 2.22. The van der Waals surface area contributed by atoms with Gasteiger partial charge in [0.1, 0.15) is 17.2 Å². The van der Waals surface area contributed by atoms with E-state index in [1.54, 1.807) is 6.07 Å². The molecule has 0 bridgehead atoms. The maximum absolute atomic E-state index is 12.1. The second-order valence-corrected chi connectivity index (χ2v) is 4.87. The maximum atomic E-state index is 12.1. The van der Waals surface area contributed by atoms with Gasteiger partial charge in [0, 0.05) is 23.4 Å². The van der Waals surface area contributed by atoms with Crippen LogP contribution in [0, 0.1) is 0 Å². The Hall–Kier alpha value is -3.29. The third kappa shape index (κ3) is 3.92. The van der Waals surface area contributed by atoms with Gasteiger partial charge in [-0.1, -0.05) is 0 Å². The molecule has 0 saturated carbocycles. The zero-order valence-corrected chi connectivity index (χ0v) is 13.4. The summed E-state index contributed by atoms with van der Waals surface area (Å²) in [5.41, 5.74) is 5.33. The van der Waals surface area contributed by atoms with E-state index < -0.39 is 11.8 Å². The number of aromatic nitrogens is 1. The number of H-pyrrole nitrogens is 1. The van der Waals surface area contributed by atoms with Gasteiger partial charge in [-0.15, -0.1) is 0 Å². The molecule has 1 aromatic carbocycles. The van der Waals surface area contributed by atoms with Crippen LogP contribution < -0.4 is 20.3 Å². The minimum Gasteiger partial charge on any atom is -0.497 e. The van der Waals surface area contributed by atoms with Crippen LogP contribution in [-0.4, -0.2) is 36.8 Å². The average molecular weight is 331 g/mol. The molecule has 0 saturated heterocycles. The standard InChI is InChI=1S/C16H17N3O5/c1-9(20)11-6-14(17-8-11)16(22)19-18-15(21)10-4-12(23-2)7-13(5-10)24-3/h4-8,17H,1-3H3,(H,18,21)(H,19,22). The third-order valence-corrected chi connectivity index (χ3v) is 3.24. The van der Waals surface area contributed by atoms with Gasteiger partial charge in [0.05, 0.1) is 14.2 Å². The molecule has 1 heterocycles. The molecule has 0 aliphatic heterocycles. The topological polar surface area (TPSA) is 110 Å². The van der Waals surface area contributed by atoms with Gasteiger partial charge in [0.25, 0.3) is 11.8 Å². The van der Waals surface area contributed by atoms with Crippen molar-refractivity contribution in [3.8, 4) is 11.5 Å². The van der Waals surface area contributed by atoms with Crippen LogP contribution in [0.15, 0.2) is 30.5 Å². The van der Waals surface area contributed by atoms with Crippen molar-refractivity contribution < 1.29 is 23.9 Å². The Morgan fingerprint density at radius 3 is 1.96 bits per heavy atom. The summed E-state index contributed by atoms with van der Waals surface area (Å²) in [4.78, 5) is 37.9. The Kier molecular flexibility index (Phi) is 5.20. The summed E-state index contributed by atoms with van der Waals surface area (Å²) in [5, 5.41) is 0. The minimum absolute atomic E-state index is 0.156. The summed E-state index contributed by atoms with van der Waals surface area (Å²) in [6, 6.07) is 6.04. The molecule has 3 N–H and O–H groups in total. The molecule has 2 aromatic rings. The predicted octanol–water partition coefficient (Wildman–Crippen LogP) is 1.31. The zero-order chi connectivity index (χ0) is 17.7. The number of amides is 2. The number of benzene rings is 1. The highest BCUT2D eigenvalue weighted by molar-refractivity contribution is 6.01. The van der Waals surface area contributed by atoms with Crippen LogP contribution in [0.5, 0.6) is 11.5 Å². The Morgan fingerprint density at radius 1 is 0.875 bits per heavy atom. The van der Waals surface area contributed by atoms with Crippen molar-refractivity contribution in [2.24, 2.45) is 0 Å². The largest absolute Gasteiger partial charge is 0.497 e. The fourth-order valence-electron chi connectivity index (χ4n) is 1.92. The summed E-state index contributed by atoms with van der Waals surface area (Å²) in [5.74, 6) is -0.398. The number of ether oxygens (including phenoxy) is 2. The third-order valence-electron chi connectivity index (χ3n) is 3.24. The second kappa shape index (κ2) is 7.32. The molecule has 0 atom stereocenters. The molecule has 0 unspecified atom stereocenters. The van der Waals surface area contributed by atoms with Crippen LogP contribution in [0.2, 0.25) is 0 Å². The van der Waals surface area contributed by atoms with E-state index in [9.17, 15) is 14.4 Å². The number of rotatable bonds is 5. The molecule has 0 radical (unpaired) electrons. The van der Waals surface area contributed by atoms with Crippen LogP contribution in [0.25, 0.3) is 0 Å². The second-order valence-electron chi connectivity index (χ2n) is 4.87. The molecule has 8 nitrogen and oxygen atoms in total. The van der Waals surface area contributed by atoms with Crippen molar-refractivity contribution in [3.05, 3.63) is 47.3 Å². The normalized spacial score (nSPS) is 9.96. The lowest BCUT2D eigenvalue weighted by Gasteiger charge is -2.09. The molecule has 126 valence electrons. The van der Waals surface area contributed by atoms with Gasteiger partial charge in [0.15, 0.2) is 5.78 Å². The number of hydrogen-bond donors (Lipinski definition) is 3. The number of carbonyl (C=O) groups is 3. The van der Waals surface area contributed by atoms with Crippen LogP contribution in [0.4, 0.5) is 0 Å². The molecular weight excluding hydrogens is 314 g/mol. The van der Waals surface area contributed by atoms with Crippen molar-refractivity contribution in [3.63, 3.8) is 0 Å². The first-order valence-electron chi connectivity index (χ1n) is 6.97. The summed E-state index contributed by atoms with van der Waals surface area (Å²) in [6.07, 6.45) is 1.42. The van der Waals surface area contributed by atoms with E-state index in [4.69, 9.17) is 9.47 Å². The summed E-state index contributed by atoms with van der Waals surface area (Å²) < 4.78 is 10.2. The average Bonchev–Trinajstić information content (AvgIpc) is 3.09.